The van der Waals surface area contributed by atoms with Gasteiger partial charge in [0.1, 0.15) is 24.2 Å². The standard InChI is InChI=1S/C39H66N6O7/c1-11-16-29(42-37(49)31(19-23(3)4)41-32(46)20-24(5)6)36(48)43-30(21-27-17-14-13-15-18-27)28(40)22-33(47)44-35(26(9)12-2)38(50)45-34(25(7)8)39(51)52-10/h13-15,17-18,23-26,28-31,34-35H,11-12,16,19-22,40H2,1-10H3,(H,41,46)(H,42,49)(H,43,48)(H,44,47)(H,45,50)/t26-,28-,29-,30-,31-,34-,35-/m0/s1. The highest BCUT2D eigenvalue weighted by Gasteiger charge is 2.34. The van der Waals surface area contributed by atoms with Gasteiger partial charge in [0.05, 0.1) is 7.11 Å². The molecule has 0 bridgehead atoms. The number of nitrogens with two attached hydrogens (primary N) is 1. The van der Waals surface area contributed by atoms with E-state index in [0.29, 0.717) is 32.1 Å². The molecule has 0 radical (unpaired) electrons. The molecule has 0 saturated heterocycles. The van der Waals surface area contributed by atoms with E-state index < -0.39 is 65.8 Å². The Bertz CT molecular complexity index is 1290. The van der Waals surface area contributed by atoms with Crippen LogP contribution in [0.15, 0.2) is 30.3 Å². The Kier molecular flexibility index (Phi) is 20.8. The van der Waals surface area contributed by atoms with Crippen LogP contribution in [-0.2, 0) is 39.9 Å². The summed E-state index contributed by atoms with van der Waals surface area (Å²) in [6.45, 7) is 17.0. The number of nitrogens with one attached hydrogen (secondary N) is 5. The molecule has 0 saturated carbocycles. The number of hydrogen-bond acceptors (Lipinski definition) is 8. The average molecular weight is 731 g/mol. The van der Waals surface area contributed by atoms with Gasteiger partial charge in [-0.1, -0.05) is 105 Å². The highest BCUT2D eigenvalue weighted by atomic mass is 16.5. The fourth-order valence-electron chi connectivity index (χ4n) is 5.78. The van der Waals surface area contributed by atoms with E-state index in [9.17, 15) is 28.8 Å². The van der Waals surface area contributed by atoms with Gasteiger partial charge in [0.25, 0.3) is 0 Å². The van der Waals surface area contributed by atoms with E-state index in [1.165, 1.54) is 7.11 Å². The average Bonchev–Trinajstić information content (AvgIpc) is 3.07. The van der Waals surface area contributed by atoms with Gasteiger partial charge in [-0.3, -0.25) is 24.0 Å². The number of rotatable bonds is 23. The number of carbonyl (C=O) groups is 6. The molecular weight excluding hydrogens is 664 g/mol. The first kappa shape index (κ1) is 46.0. The van der Waals surface area contributed by atoms with E-state index in [-0.39, 0.29) is 42.4 Å². The Morgan fingerprint density at radius 3 is 1.81 bits per heavy atom. The molecule has 7 N–H and O–H groups in total. The quantitative estimate of drug-likeness (QED) is 0.0924. The molecule has 7 atom stereocenters. The summed E-state index contributed by atoms with van der Waals surface area (Å²) < 4.78 is 4.86. The third-order valence-electron chi connectivity index (χ3n) is 8.96. The molecule has 294 valence electrons. The molecule has 0 aliphatic rings. The number of amides is 5. The second-order valence-electron chi connectivity index (χ2n) is 15.1. The Balaban J connectivity index is 3.24. The third-order valence-corrected chi connectivity index (χ3v) is 8.96. The number of esters is 1. The van der Waals surface area contributed by atoms with Crippen molar-refractivity contribution in [2.45, 2.75) is 144 Å². The van der Waals surface area contributed by atoms with Crippen molar-refractivity contribution in [3.8, 4) is 0 Å². The molecule has 0 aromatic heterocycles. The summed E-state index contributed by atoms with van der Waals surface area (Å²) in [6, 6.07) is 4.26. The van der Waals surface area contributed by atoms with Gasteiger partial charge in [0, 0.05) is 24.9 Å². The van der Waals surface area contributed by atoms with Gasteiger partial charge in [-0.05, 0) is 48.5 Å². The van der Waals surface area contributed by atoms with Gasteiger partial charge < -0.3 is 37.1 Å². The Labute approximate surface area is 311 Å². The van der Waals surface area contributed by atoms with Crippen molar-refractivity contribution in [3.63, 3.8) is 0 Å². The molecule has 1 aromatic rings. The Hall–Kier alpha value is -4.00. The summed E-state index contributed by atoms with van der Waals surface area (Å²) in [5.41, 5.74) is 7.53. The minimum Gasteiger partial charge on any atom is -0.467 e. The van der Waals surface area contributed by atoms with Crippen LogP contribution in [0.4, 0.5) is 0 Å². The summed E-state index contributed by atoms with van der Waals surface area (Å²) >= 11 is 0. The van der Waals surface area contributed by atoms with Crippen LogP contribution in [0.1, 0.15) is 106 Å². The number of ether oxygens (including phenoxy) is 1. The lowest BCUT2D eigenvalue weighted by atomic mass is 9.94. The largest absolute Gasteiger partial charge is 0.467 e. The third kappa shape index (κ3) is 16.6. The summed E-state index contributed by atoms with van der Waals surface area (Å²) in [5.74, 6) is -2.98. The molecule has 0 spiro atoms. The van der Waals surface area contributed by atoms with Crippen LogP contribution in [0.5, 0.6) is 0 Å². The SMILES string of the molecule is CCC[C@H](NC(=O)[C@H](CC(C)C)NC(=O)CC(C)C)C(=O)N[C@@H](Cc1ccccc1)[C@@H](N)CC(=O)N[C@H](C(=O)N[C@H](C(=O)OC)C(C)C)[C@@H](C)CC. The second-order valence-corrected chi connectivity index (χ2v) is 15.1. The Morgan fingerprint density at radius 1 is 0.692 bits per heavy atom. The predicted octanol–water partition coefficient (Wildman–Crippen LogP) is 3.14. The lowest BCUT2D eigenvalue weighted by molar-refractivity contribution is -0.147. The van der Waals surface area contributed by atoms with Crippen LogP contribution < -0.4 is 32.3 Å². The van der Waals surface area contributed by atoms with Crippen LogP contribution in [0.25, 0.3) is 0 Å². The molecule has 0 heterocycles. The monoisotopic (exact) mass is 730 g/mol. The van der Waals surface area contributed by atoms with Crippen LogP contribution in [0, 0.1) is 23.7 Å². The van der Waals surface area contributed by atoms with Crippen molar-refractivity contribution in [2.24, 2.45) is 29.4 Å². The zero-order valence-electron chi connectivity index (χ0n) is 33.0. The fourth-order valence-corrected chi connectivity index (χ4v) is 5.78. The Morgan fingerprint density at radius 2 is 1.29 bits per heavy atom. The second kappa shape index (κ2) is 23.5. The van der Waals surface area contributed by atoms with Crippen LogP contribution in [-0.4, -0.2) is 78.9 Å². The van der Waals surface area contributed by atoms with E-state index in [1.807, 2.05) is 78.8 Å². The summed E-state index contributed by atoms with van der Waals surface area (Å²) in [4.78, 5) is 79.1. The van der Waals surface area contributed by atoms with Crippen molar-refractivity contribution in [2.75, 3.05) is 7.11 Å². The van der Waals surface area contributed by atoms with Gasteiger partial charge in [-0.15, -0.1) is 0 Å². The lowest BCUT2D eigenvalue weighted by Gasteiger charge is -2.30. The first-order valence-corrected chi connectivity index (χ1v) is 18.8. The predicted molar refractivity (Wildman–Crippen MR) is 203 cm³/mol. The highest BCUT2D eigenvalue weighted by Crippen LogP contribution is 2.14. The molecule has 52 heavy (non-hydrogen) atoms. The van der Waals surface area contributed by atoms with Crippen molar-refractivity contribution in [3.05, 3.63) is 35.9 Å². The molecule has 13 heteroatoms. The van der Waals surface area contributed by atoms with Gasteiger partial charge in [0.2, 0.25) is 29.5 Å². The molecule has 0 aliphatic carbocycles. The number of benzene rings is 1. The zero-order chi connectivity index (χ0) is 39.5. The number of hydrogen-bond donors (Lipinski definition) is 6. The molecule has 0 aliphatic heterocycles. The maximum atomic E-state index is 13.8. The minimum absolute atomic E-state index is 0.114. The van der Waals surface area contributed by atoms with E-state index >= 15 is 0 Å². The normalized spacial score (nSPS) is 15.4. The van der Waals surface area contributed by atoms with Crippen LogP contribution in [0.3, 0.4) is 0 Å². The molecular formula is C39H66N6O7. The lowest BCUT2D eigenvalue weighted by Crippen LogP contribution is -2.59. The van der Waals surface area contributed by atoms with Crippen molar-refractivity contribution in [1.82, 2.24) is 26.6 Å². The van der Waals surface area contributed by atoms with Crippen molar-refractivity contribution >= 4 is 35.5 Å². The zero-order valence-corrected chi connectivity index (χ0v) is 33.0. The molecule has 0 unspecified atom stereocenters. The molecule has 5 amide bonds. The van der Waals surface area contributed by atoms with Gasteiger partial charge in [-0.2, -0.15) is 0 Å². The first-order valence-electron chi connectivity index (χ1n) is 18.8. The van der Waals surface area contributed by atoms with E-state index in [4.69, 9.17) is 10.5 Å². The summed E-state index contributed by atoms with van der Waals surface area (Å²) in [6.07, 6.45) is 2.29. The number of carbonyl (C=O) groups excluding carboxylic acids is 6. The molecule has 1 aromatic carbocycles. The molecule has 13 nitrogen and oxygen atoms in total. The first-order chi connectivity index (χ1) is 24.4. The maximum absolute atomic E-state index is 13.8. The summed E-state index contributed by atoms with van der Waals surface area (Å²) in [5, 5.41) is 14.2. The van der Waals surface area contributed by atoms with Crippen LogP contribution in [0.2, 0.25) is 0 Å². The van der Waals surface area contributed by atoms with E-state index in [2.05, 4.69) is 26.6 Å². The highest BCUT2D eigenvalue weighted by molar-refractivity contribution is 5.93. The van der Waals surface area contributed by atoms with Crippen molar-refractivity contribution in [1.29, 1.82) is 0 Å². The maximum Gasteiger partial charge on any atom is 0.328 e. The van der Waals surface area contributed by atoms with Gasteiger partial charge in [-0.25, -0.2) is 4.79 Å². The molecule has 1 rings (SSSR count). The van der Waals surface area contributed by atoms with Gasteiger partial charge in [0.15, 0.2) is 0 Å². The van der Waals surface area contributed by atoms with Gasteiger partial charge >= 0.3 is 5.97 Å². The summed E-state index contributed by atoms with van der Waals surface area (Å²) in [7, 11) is 1.25. The topological polar surface area (TPSA) is 198 Å². The molecule has 0 fully saturated rings. The van der Waals surface area contributed by atoms with E-state index in [0.717, 1.165) is 5.56 Å². The smallest absolute Gasteiger partial charge is 0.328 e. The minimum atomic E-state index is -0.943. The number of methoxy groups -OCH3 is 1. The fraction of sp³-hybridized carbons (Fsp3) is 0.692. The van der Waals surface area contributed by atoms with Crippen LogP contribution >= 0.6 is 0 Å². The van der Waals surface area contributed by atoms with Crippen molar-refractivity contribution < 1.29 is 33.5 Å². The van der Waals surface area contributed by atoms with E-state index in [1.54, 1.807) is 13.8 Å².